The maximum Gasteiger partial charge on any atom is 0.326 e. The Balaban J connectivity index is 1.72. The molecule has 25 heavy (non-hydrogen) atoms. The second-order valence-corrected chi connectivity index (χ2v) is 6.41. The number of nitrogens with zero attached hydrogens (tertiary/aromatic N) is 1. The Morgan fingerprint density at radius 2 is 1.92 bits per heavy atom. The highest BCUT2D eigenvalue weighted by atomic mass is 32.2. The van der Waals surface area contributed by atoms with E-state index in [9.17, 15) is 9.90 Å². The van der Waals surface area contributed by atoms with E-state index < -0.39 is 12.0 Å². The molecule has 0 saturated carbocycles. The largest absolute Gasteiger partial charge is 0.480 e. The summed E-state index contributed by atoms with van der Waals surface area (Å²) < 4.78 is 5.26. The fourth-order valence-electron chi connectivity index (χ4n) is 2.46. The van der Waals surface area contributed by atoms with Gasteiger partial charge in [0, 0.05) is 22.9 Å². The third-order valence-electron chi connectivity index (χ3n) is 3.79. The molecule has 2 N–H and O–H groups in total. The van der Waals surface area contributed by atoms with Crippen LogP contribution in [0.25, 0.3) is 11.3 Å². The summed E-state index contributed by atoms with van der Waals surface area (Å²) in [5.74, 6) is -0.599. The van der Waals surface area contributed by atoms with Gasteiger partial charge < -0.3 is 14.9 Å². The van der Waals surface area contributed by atoms with Crippen molar-refractivity contribution in [1.82, 2.24) is 5.16 Å². The third kappa shape index (κ3) is 4.42. The summed E-state index contributed by atoms with van der Waals surface area (Å²) in [5, 5.41) is 16.4. The molecule has 6 heteroatoms. The molecule has 3 rings (SSSR count). The van der Waals surface area contributed by atoms with Crippen LogP contribution in [0.2, 0.25) is 0 Å². The SMILES string of the molecule is CSc1ccc(-c2cc(NC(Cc3ccccc3)C(=O)O)on2)cc1. The summed E-state index contributed by atoms with van der Waals surface area (Å²) in [6.45, 7) is 0. The first-order chi connectivity index (χ1) is 12.2. The molecule has 2 aromatic carbocycles. The summed E-state index contributed by atoms with van der Waals surface area (Å²) >= 11 is 1.67. The van der Waals surface area contributed by atoms with Gasteiger partial charge in [-0.2, -0.15) is 0 Å². The van der Waals surface area contributed by atoms with Gasteiger partial charge in [0.25, 0.3) is 0 Å². The van der Waals surface area contributed by atoms with Crippen molar-refractivity contribution in [2.75, 3.05) is 11.6 Å². The zero-order valence-electron chi connectivity index (χ0n) is 13.7. The maximum absolute atomic E-state index is 11.5. The number of aromatic nitrogens is 1. The smallest absolute Gasteiger partial charge is 0.326 e. The lowest BCUT2D eigenvalue weighted by Crippen LogP contribution is -2.31. The first-order valence-electron chi connectivity index (χ1n) is 7.80. The number of hydrogen-bond acceptors (Lipinski definition) is 5. The van der Waals surface area contributed by atoms with Crippen LogP contribution in [0.1, 0.15) is 5.56 Å². The van der Waals surface area contributed by atoms with E-state index in [-0.39, 0.29) is 0 Å². The average Bonchev–Trinajstić information content (AvgIpc) is 3.10. The van der Waals surface area contributed by atoms with Crippen LogP contribution >= 0.6 is 11.8 Å². The van der Waals surface area contributed by atoms with Crippen LogP contribution in [-0.4, -0.2) is 28.5 Å². The minimum atomic E-state index is -0.939. The topological polar surface area (TPSA) is 75.4 Å². The molecule has 0 spiro atoms. The van der Waals surface area contributed by atoms with E-state index in [1.165, 1.54) is 4.90 Å². The number of hydrogen-bond donors (Lipinski definition) is 2. The molecule has 0 bridgehead atoms. The number of rotatable bonds is 7. The van der Waals surface area contributed by atoms with Crippen molar-refractivity contribution in [2.24, 2.45) is 0 Å². The minimum Gasteiger partial charge on any atom is -0.480 e. The summed E-state index contributed by atoms with van der Waals surface area (Å²) in [5.41, 5.74) is 2.53. The molecular weight excluding hydrogens is 336 g/mol. The van der Waals surface area contributed by atoms with Crippen molar-refractivity contribution in [2.45, 2.75) is 17.4 Å². The van der Waals surface area contributed by atoms with Crippen molar-refractivity contribution in [3.05, 3.63) is 66.2 Å². The van der Waals surface area contributed by atoms with Gasteiger partial charge in [-0.05, 0) is 24.0 Å². The quantitative estimate of drug-likeness (QED) is 0.620. The molecule has 5 nitrogen and oxygen atoms in total. The number of benzene rings is 2. The first-order valence-corrected chi connectivity index (χ1v) is 9.02. The van der Waals surface area contributed by atoms with Gasteiger partial charge >= 0.3 is 5.97 Å². The zero-order chi connectivity index (χ0) is 17.6. The molecular formula is C19H18N2O3S. The van der Waals surface area contributed by atoms with E-state index in [0.29, 0.717) is 18.0 Å². The van der Waals surface area contributed by atoms with E-state index in [1.807, 2.05) is 60.9 Å². The van der Waals surface area contributed by atoms with Crippen molar-refractivity contribution in [3.63, 3.8) is 0 Å². The Kier molecular flexibility index (Phi) is 5.40. The average molecular weight is 354 g/mol. The Bertz CT molecular complexity index is 831. The molecule has 3 aromatic rings. The number of aliphatic carboxylic acids is 1. The number of nitrogens with one attached hydrogen (secondary N) is 1. The van der Waals surface area contributed by atoms with Gasteiger partial charge in [0.15, 0.2) is 0 Å². The van der Waals surface area contributed by atoms with E-state index >= 15 is 0 Å². The van der Waals surface area contributed by atoms with Crippen LogP contribution in [0.5, 0.6) is 0 Å². The van der Waals surface area contributed by atoms with Gasteiger partial charge in [-0.1, -0.05) is 47.6 Å². The fraction of sp³-hybridized carbons (Fsp3) is 0.158. The zero-order valence-corrected chi connectivity index (χ0v) is 14.5. The maximum atomic E-state index is 11.5. The van der Waals surface area contributed by atoms with E-state index in [4.69, 9.17) is 4.52 Å². The minimum absolute atomic E-state index is 0.340. The molecule has 0 saturated heterocycles. The fourth-order valence-corrected chi connectivity index (χ4v) is 2.87. The highest BCUT2D eigenvalue weighted by Gasteiger charge is 2.20. The van der Waals surface area contributed by atoms with Crippen LogP contribution in [-0.2, 0) is 11.2 Å². The lowest BCUT2D eigenvalue weighted by Gasteiger charge is -2.13. The monoisotopic (exact) mass is 354 g/mol. The predicted octanol–water partition coefficient (Wildman–Crippen LogP) is 4.17. The van der Waals surface area contributed by atoms with E-state index in [1.54, 1.807) is 17.8 Å². The second-order valence-electron chi connectivity index (χ2n) is 5.53. The van der Waals surface area contributed by atoms with Gasteiger partial charge in [0.05, 0.1) is 0 Å². The number of carboxylic acids is 1. The van der Waals surface area contributed by atoms with Crippen LogP contribution in [0, 0.1) is 0 Å². The Hall–Kier alpha value is -2.73. The lowest BCUT2D eigenvalue weighted by molar-refractivity contribution is -0.137. The standard InChI is InChI=1S/C19H18N2O3S/c1-25-15-9-7-14(8-10-15)16-12-18(24-21-16)20-17(19(22)23)11-13-5-3-2-4-6-13/h2-10,12,17,20H,11H2,1H3,(H,22,23). The van der Waals surface area contributed by atoms with Gasteiger partial charge in [0.1, 0.15) is 11.7 Å². The molecule has 0 fully saturated rings. The lowest BCUT2D eigenvalue weighted by atomic mass is 10.1. The summed E-state index contributed by atoms with van der Waals surface area (Å²) in [6.07, 6.45) is 2.38. The number of carboxylic acid groups (broad SMARTS) is 1. The summed E-state index contributed by atoms with van der Waals surface area (Å²) in [4.78, 5) is 12.7. The number of thioether (sulfide) groups is 1. The summed E-state index contributed by atoms with van der Waals surface area (Å²) in [7, 11) is 0. The van der Waals surface area contributed by atoms with Crippen LogP contribution in [0.4, 0.5) is 5.88 Å². The molecule has 1 unspecified atom stereocenters. The third-order valence-corrected chi connectivity index (χ3v) is 4.54. The van der Waals surface area contributed by atoms with Crippen molar-refractivity contribution in [1.29, 1.82) is 0 Å². The molecule has 0 amide bonds. The summed E-state index contributed by atoms with van der Waals surface area (Å²) in [6, 6.07) is 18.4. The first kappa shape index (κ1) is 17.1. The van der Waals surface area contributed by atoms with Gasteiger partial charge in [-0.25, -0.2) is 4.79 Å². The molecule has 1 atom stereocenters. The highest BCUT2D eigenvalue weighted by Crippen LogP contribution is 2.25. The highest BCUT2D eigenvalue weighted by molar-refractivity contribution is 7.98. The van der Waals surface area contributed by atoms with Crippen LogP contribution < -0.4 is 5.32 Å². The molecule has 0 radical (unpaired) electrons. The Morgan fingerprint density at radius 3 is 2.56 bits per heavy atom. The number of carbonyl (C=O) groups is 1. The molecule has 128 valence electrons. The van der Waals surface area contributed by atoms with E-state index in [0.717, 1.165) is 11.1 Å². The Morgan fingerprint density at radius 1 is 1.20 bits per heavy atom. The Labute approximate surface area is 150 Å². The number of anilines is 1. The van der Waals surface area contributed by atoms with Gasteiger partial charge in [0.2, 0.25) is 5.88 Å². The molecule has 0 aliphatic rings. The van der Waals surface area contributed by atoms with Crippen LogP contribution in [0.15, 0.2) is 70.1 Å². The van der Waals surface area contributed by atoms with Crippen molar-refractivity contribution < 1.29 is 14.4 Å². The molecule has 1 heterocycles. The molecule has 0 aliphatic carbocycles. The second kappa shape index (κ2) is 7.90. The van der Waals surface area contributed by atoms with Gasteiger partial charge in [-0.3, -0.25) is 0 Å². The van der Waals surface area contributed by atoms with Gasteiger partial charge in [-0.15, -0.1) is 11.8 Å². The van der Waals surface area contributed by atoms with Crippen LogP contribution in [0.3, 0.4) is 0 Å². The molecule has 1 aromatic heterocycles. The van der Waals surface area contributed by atoms with Crippen molar-refractivity contribution >= 4 is 23.6 Å². The predicted molar refractivity (Wildman–Crippen MR) is 98.9 cm³/mol. The van der Waals surface area contributed by atoms with E-state index in [2.05, 4.69) is 10.5 Å². The van der Waals surface area contributed by atoms with Crippen molar-refractivity contribution in [3.8, 4) is 11.3 Å². The molecule has 0 aliphatic heterocycles. The normalized spacial score (nSPS) is 11.9.